The van der Waals surface area contributed by atoms with E-state index in [1.165, 1.54) is 0 Å². The van der Waals surface area contributed by atoms with E-state index < -0.39 is 17.9 Å². The molecular weight excluding hydrogens is 268 g/mol. The number of esters is 2. The van der Waals surface area contributed by atoms with Gasteiger partial charge < -0.3 is 9.47 Å². The zero-order chi connectivity index (χ0) is 16.1. The van der Waals surface area contributed by atoms with Gasteiger partial charge in [-0.3, -0.25) is 9.59 Å². The Morgan fingerprint density at radius 2 is 1.24 bits per heavy atom. The molecule has 0 radical (unpaired) electrons. The average Bonchev–Trinajstić information content (AvgIpc) is 2.45. The van der Waals surface area contributed by atoms with Crippen LogP contribution in [0.1, 0.15) is 72.6 Å². The van der Waals surface area contributed by atoms with Gasteiger partial charge in [-0.05, 0) is 25.2 Å². The van der Waals surface area contributed by atoms with Crippen LogP contribution in [0, 0.1) is 11.8 Å². The summed E-state index contributed by atoms with van der Waals surface area (Å²) >= 11 is 0. The standard InChI is InChI=1S/C17H32O4/c1-5-7-9-11-20-16(18)15(13-14(3)4)17(19)21-12-10-8-6-2/h14-15H,5-13H2,1-4H3. The van der Waals surface area contributed by atoms with Crippen LogP contribution >= 0.6 is 0 Å². The van der Waals surface area contributed by atoms with Crippen LogP contribution in [0.3, 0.4) is 0 Å². The second kappa shape index (κ2) is 12.7. The van der Waals surface area contributed by atoms with E-state index in [9.17, 15) is 9.59 Å². The van der Waals surface area contributed by atoms with Crippen molar-refractivity contribution < 1.29 is 19.1 Å². The largest absolute Gasteiger partial charge is 0.465 e. The molecule has 0 heterocycles. The predicted molar refractivity (Wildman–Crippen MR) is 83.9 cm³/mol. The number of carbonyl (C=O) groups excluding carboxylic acids is 2. The lowest BCUT2D eigenvalue weighted by Gasteiger charge is -2.17. The SMILES string of the molecule is CCCCCOC(=O)C(CC(C)C)C(=O)OCCCCC. The minimum Gasteiger partial charge on any atom is -0.465 e. The predicted octanol–water partition coefficient (Wildman–Crippen LogP) is 4.12. The highest BCUT2D eigenvalue weighted by atomic mass is 16.6. The lowest BCUT2D eigenvalue weighted by Crippen LogP contribution is -2.29. The third-order valence-corrected chi connectivity index (χ3v) is 3.26. The molecule has 0 aliphatic heterocycles. The maximum absolute atomic E-state index is 12.0. The molecule has 0 N–H and O–H groups in total. The van der Waals surface area contributed by atoms with Crippen molar-refractivity contribution in [3.8, 4) is 0 Å². The van der Waals surface area contributed by atoms with E-state index in [0.717, 1.165) is 38.5 Å². The molecule has 0 amide bonds. The Morgan fingerprint density at radius 1 is 0.810 bits per heavy atom. The van der Waals surface area contributed by atoms with Gasteiger partial charge in [0.05, 0.1) is 13.2 Å². The molecule has 0 rings (SSSR count). The Balaban J connectivity index is 4.27. The maximum atomic E-state index is 12.0. The van der Waals surface area contributed by atoms with Crippen molar-refractivity contribution >= 4 is 11.9 Å². The van der Waals surface area contributed by atoms with Gasteiger partial charge in [0, 0.05) is 0 Å². The summed E-state index contributed by atoms with van der Waals surface area (Å²) in [6.07, 6.45) is 6.40. The number of unbranched alkanes of at least 4 members (excludes halogenated alkanes) is 4. The quantitative estimate of drug-likeness (QED) is 0.309. The minimum atomic E-state index is -0.770. The molecule has 0 bridgehead atoms. The average molecular weight is 300 g/mol. The third kappa shape index (κ3) is 10.3. The fraction of sp³-hybridized carbons (Fsp3) is 0.882. The highest BCUT2D eigenvalue weighted by Gasteiger charge is 2.30. The molecule has 0 aromatic heterocycles. The first-order chi connectivity index (χ1) is 10.0. The van der Waals surface area contributed by atoms with Crippen LogP contribution in [-0.4, -0.2) is 25.2 Å². The molecule has 124 valence electrons. The number of carbonyl (C=O) groups is 2. The molecule has 0 aliphatic carbocycles. The Kier molecular flexibility index (Phi) is 12.0. The zero-order valence-corrected chi connectivity index (χ0v) is 14.2. The first-order valence-corrected chi connectivity index (χ1v) is 8.36. The van der Waals surface area contributed by atoms with Crippen LogP contribution in [0.4, 0.5) is 0 Å². The topological polar surface area (TPSA) is 52.6 Å². The normalized spacial score (nSPS) is 11.0. The summed E-state index contributed by atoms with van der Waals surface area (Å²) in [4.78, 5) is 24.1. The lowest BCUT2D eigenvalue weighted by atomic mass is 9.97. The molecule has 21 heavy (non-hydrogen) atoms. The Hall–Kier alpha value is -1.06. The third-order valence-electron chi connectivity index (χ3n) is 3.26. The van der Waals surface area contributed by atoms with Gasteiger partial charge in [-0.15, -0.1) is 0 Å². The van der Waals surface area contributed by atoms with Crippen molar-refractivity contribution in [2.75, 3.05) is 13.2 Å². The lowest BCUT2D eigenvalue weighted by molar-refractivity contribution is -0.163. The molecule has 0 unspecified atom stereocenters. The maximum Gasteiger partial charge on any atom is 0.320 e. The summed E-state index contributed by atoms with van der Waals surface area (Å²) in [5, 5.41) is 0. The monoisotopic (exact) mass is 300 g/mol. The van der Waals surface area contributed by atoms with Crippen molar-refractivity contribution in [3.05, 3.63) is 0 Å². The molecule has 0 aromatic carbocycles. The van der Waals surface area contributed by atoms with Gasteiger partial charge in [0.25, 0.3) is 0 Å². The van der Waals surface area contributed by atoms with Crippen molar-refractivity contribution in [2.45, 2.75) is 72.6 Å². The van der Waals surface area contributed by atoms with Gasteiger partial charge in [-0.2, -0.15) is 0 Å². The van der Waals surface area contributed by atoms with E-state index in [2.05, 4.69) is 13.8 Å². The molecule has 0 atom stereocenters. The fourth-order valence-corrected chi connectivity index (χ4v) is 2.01. The molecule has 4 heteroatoms. The highest BCUT2D eigenvalue weighted by Crippen LogP contribution is 2.16. The van der Waals surface area contributed by atoms with E-state index in [1.54, 1.807) is 0 Å². The van der Waals surface area contributed by atoms with E-state index in [4.69, 9.17) is 9.47 Å². The zero-order valence-electron chi connectivity index (χ0n) is 14.2. The van der Waals surface area contributed by atoms with Crippen molar-refractivity contribution in [3.63, 3.8) is 0 Å². The first kappa shape index (κ1) is 19.9. The Bertz CT molecular complexity index is 263. The van der Waals surface area contributed by atoms with Crippen molar-refractivity contribution in [1.29, 1.82) is 0 Å². The molecule has 0 aromatic rings. The van der Waals surface area contributed by atoms with Crippen molar-refractivity contribution in [1.82, 2.24) is 0 Å². The Labute approximate surface area is 129 Å². The van der Waals surface area contributed by atoms with Crippen LogP contribution in [-0.2, 0) is 19.1 Å². The van der Waals surface area contributed by atoms with Gasteiger partial charge >= 0.3 is 11.9 Å². The summed E-state index contributed by atoms with van der Waals surface area (Å²) in [5.41, 5.74) is 0. The second-order valence-electron chi connectivity index (χ2n) is 5.93. The molecular formula is C17H32O4. The molecule has 0 saturated heterocycles. The van der Waals surface area contributed by atoms with E-state index in [-0.39, 0.29) is 5.92 Å². The number of hydrogen-bond acceptors (Lipinski definition) is 4. The first-order valence-electron chi connectivity index (χ1n) is 8.36. The number of rotatable bonds is 12. The van der Waals surface area contributed by atoms with Gasteiger partial charge in [0.1, 0.15) is 0 Å². The highest BCUT2D eigenvalue weighted by molar-refractivity contribution is 5.94. The van der Waals surface area contributed by atoms with E-state index in [0.29, 0.717) is 19.6 Å². The summed E-state index contributed by atoms with van der Waals surface area (Å²) in [6, 6.07) is 0. The summed E-state index contributed by atoms with van der Waals surface area (Å²) < 4.78 is 10.4. The molecule has 0 aliphatic rings. The summed E-state index contributed by atoms with van der Waals surface area (Å²) in [7, 11) is 0. The van der Waals surface area contributed by atoms with Crippen LogP contribution in [0.25, 0.3) is 0 Å². The van der Waals surface area contributed by atoms with Crippen LogP contribution in [0.15, 0.2) is 0 Å². The van der Waals surface area contributed by atoms with Gasteiger partial charge in [-0.1, -0.05) is 53.4 Å². The van der Waals surface area contributed by atoms with Crippen LogP contribution in [0.2, 0.25) is 0 Å². The number of ether oxygens (including phenoxy) is 2. The van der Waals surface area contributed by atoms with Crippen LogP contribution in [0.5, 0.6) is 0 Å². The van der Waals surface area contributed by atoms with E-state index in [1.807, 2.05) is 13.8 Å². The molecule has 0 fully saturated rings. The molecule has 0 saturated carbocycles. The molecule has 0 spiro atoms. The van der Waals surface area contributed by atoms with Crippen molar-refractivity contribution in [2.24, 2.45) is 11.8 Å². The second-order valence-corrected chi connectivity index (χ2v) is 5.93. The van der Waals surface area contributed by atoms with E-state index >= 15 is 0 Å². The molecule has 4 nitrogen and oxygen atoms in total. The fourth-order valence-electron chi connectivity index (χ4n) is 2.01. The van der Waals surface area contributed by atoms with Crippen LogP contribution < -0.4 is 0 Å². The van der Waals surface area contributed by atoms with Gasteiger partial charge in [-0.25, -0.2) is 0 Å². The smallest absolute Gasteiger partial charge is 0.320 e. The minimum absolute atomic E-state index is 0.251. The van der Waals surface area contributed by atoms with Gasteiger partial charge in [0.15, 0.2) is 5.92 Å². The summed E-state index contributed by atoms with van der Waals surface area (Å²) in [5.74, 6) is -1.38. The number of hydrogen-bond donors (Lipinski definition) is 0. The summed E-state index contributed by atoms with van der Waals surface area (Å²) in [6.45, 7) is 8.95. The van der Waals surface area contributed by atoms with Gasteiger partial charge in [0.2, 0.25) is 0 Å². The Morgan fingerprint density at radius 3 is 1.57 bits per heavy atom.